The van der Waals surface area contributed by atoms with Crippen molar-refractivity contribution in [1.82, 2.24) is 4.72 Å². The maximum atomic E-state index is 12.4. The van der Waals surface area contributed by atoms with Crippen molar-refractivity contribution < 1.29 is 13.2 Å². The summed E-state index contributed by atoms with van der Waals surface area (Å²) < 4.78 is 33.1. The first kappa shape index (κ1) is 17.7. The van der Waals surface area contributed by atoms with Gasteiger partial charge in [-0.2, -0.15) is 0 Å². The van der Waals surface area contributed by atoms with Crippen LogP contribution in [0.5, 0.6) is 0 Å². The van der Waals surface area contributed by atoms with Gasteiger partial charge in [-0.3, -0.25) is 0 Å². The number of morpholine rings is 1. The average molecular weight is 353 g/mol. The Morgan fingerprint density at radius 2 is 1.79 bits per heavy atom. The van der Waals surface area contributed by atoms with Gasteiger partial charge < -0.3 is 9.64 Å². The minimum atomic E-state index is -3.22. The summed E-state index contributed by atoms with van der Waals surface area (Å²) >= 11 is 0. The molecule has 1 N–H and O–H groups in total. The highest BCUT2D eigenvalue weighted by molar-refractivity contribution is 7.89. The SMILES string of the molecule is O=S(=O)(CC1CCCCC1)NCc1ccccc1N1CCOCC1. The lowest BCUT2D eigenvalue weighted by Gasteiger charge is -2.30. The minimum Gasteiger partial charge on any atom is -0.378 e. The Bertz CT molecular complexity index is 621. The van der Waals surface area contributed by atoms with Crippen LogP contribution in [0.2, 0.25) is 0 Å². The van der Waals surface area contributed by atoms with Crippen LogP contribution in [0.15, 0.2) is 24.3 Å². The minimum absolute atomic E-state index is 0.271. The molecule has 6 heteroatoms. The number of nitrogens with zero attached hydrogens (tertiary/aromatic N) is 1. The molecule has 0 radical (unpaired) electrons. The fourth-order valence-corrected chi connectivity index (χ4v) is 5.13. The first-order chi connectivity index (χ1) is 11.6. The fourth-order valence-electron chi connectivity index (χ4n) is 3.68. The van der Waals surface area contributed by atoms with Gasteiger partial charge in [-0.25, -0.2) is 13.1 Å². The van der Waals surface area contributed by atoms with Crippen LogP contribution < -0.4 is 9.62 Å². The largest absolute Gasteiger partial charge is 0.378 e. The number of para-hydroxylation sites is 1. The lowest BCUT2D eigenvalue weighted by Crippen LogP contribution is -2.37. The Kier molecular flexibility index (Phi) is 6.14. The molecule has 1 aliphatic heterocycles. The van der Waals surface area contributed by atoms with Crippen LogP contribution in [-0.4, -0.2) is 40.5 Å². The standard InChI is InChI=1S/C18H28N2O3S/c21-24(22,15-16-6-2-1-3-7-16)19-14-17-8-4-5-9-18(17)20-10-12-23-13-11-20/h4-5,8-9,16,19H,1-3,6-7,10-15H2. The maximum absolute atomic E-state index is 12.4. The van der Waals surface area contributed by atoms with Gasteiger partial charge in [0.25, 0.3) is 0 Å². The van der Waals surface area contributed by atoms with Gasteiger partial charge in [0.15, 0.2) is 0 Å². The quantitative estimate of drug-likeness (QED) is 0.855. The van der Waals surface area contributed by atoms with E-state index in [4.69, 9.17) is 4.74 Å². The van der Waals surface area contributed by atoms with Crippen molar-refractivity contribution in [2.75, 3.05) is 37.0 Å². The van der Waals surface area contributed by atoms with E-state index in [1.807, 2.05) is 18.2 Å². The van der Waals surface area contributed by atoms with E-state index >= 15 is 0 Å². The molecule has 3 rings (SSSR count). The van der Waals surface area contributed by atoms with Gasteiger partial charge >= 0.3 is 0 Å². The summed E-state index contributed by atoms with van der Waals surface area (Å²) in [5.41, 5.74) is 2.15. The van der Waals surface area contributed by atoms with Crippen LogP contribution in [0.3, 0.4) is 0 Å². The second-order valence-corrected chi connectivity index (χ2v) is 8.69. The molecule has 1 aromatic rings. The predicted octanol–water partition coefficient (Wildman–Crippen LogP) is 2.52. The molecular weight excluding hydrogens is 324 g/mol. The highest BCUT2D eigenvalue weighted by atomic mass is 32.2. The van der Waals surface area contributed by atoms with Crippen molar-refractivity contribution in [3.63, 3.8) is 0 Å². The van der Waals surface area contributed by atoms with Gasteiger partial charge in [0.1, 0.15) is 0 Å². The zero-order valence-corrected chi connectivity index (χ0v) is 15.1. The van der Waals surface area contributed by atoms with Crippen LogP contribution in [0.4, 0.5) is 5.69 Å². The Hall–Kier alpha value is -1.11. The number of hydrogen-bond acceptors (Lipinski definition) is 4. The normalized spacial score (nSPS) is 20.2. The third-order valence-corrected chi connectivity index (χ3v) is 6.50. The third kappa shape index (κ3) is 4.94. The summed E-state index contributed by atoms with van der Waals surface area (Å²) in [6.45, 7) is 3.52. The van der Waals surface area contributed by atoms with E-state index in [0.717, 1.165) is 50.4 Å². The zero-order chi connectivity index (χ0) is 16.8. The number of nitrogens with one attached hydrogen (secondary N) is 1. The van der Waals surface area contributed by atoms with Gasteiger partial charge in [0, 0.05) is 25.3 Å². The molecule has 2 fully saturated rings. The van der Waals surface area contributed by atoms with Gasteiger partial charge in [-0.1, -0.05) is 37.5 Å². The second kappa shape index (κ2) is 8.32. The second-order valence-electron chi connectivity index (χ2n) is 6.83. The van der Waals surface area contributed by atoms with Crippen LogP contribution >= 0.6 is 0 Å². The number of ether oxygens (including phenoxy) is 1. The van der Waals surface area contributed by atoms with Gasteiger partial charge in [-0.15, -0.1) is 0 Å². The Labute approximate surface area is 145 Å². The molecule has 0 spiro atoms. The zero-order valence-electron chi connectivity index (χ0n) is 14.2. The van der Waals surface area contributed by atoms with Gasteiger partial charge in [-0.05, 0) is 30.4 Å². The number of sulfonamides is 1. The maximum Gasteiger partial charge on any atom is 0.212 e. The highest BCUT2D eigenvalue weighted by Crippen LogP contribution is 2.25. The number of anilines is 1. The van der Waals surface area contributed by atoms with E-state index in [9.17, 15) is 8.42 Å². The average Bonchev–Trinajstić information content (AvgIpc) is 2.62. The Morgan fingerprint density at radius 3 is 2.54 bits per heavy atom. The summed E-state index contributed by atoms with van der Waals surface area (Å²) in [4.78, 5) is 2.27. The van der Waals surface area contributed by atoms with E-state index in [2.05, 4.69) is 15.7 Å². The van der Waals surface area contributed by atoms with Crippen molar-refractivity contribution in [3.8, 4) is 0 Å². The van der Waals surface area contributed by atoms with E-state index in [-0.39, 0.29) is 5.75 Å². The summed E-state index contributed by atoms with van der Waals surface area (Å²) in [6, 6.07) is 8.05. The van der Waals surface area contributed by atoms with E-state index in [1.54, 1.807) is 0 Å². The van der Waals surface area contributed by atoms with Crippen molar-refractivity contribution >= 4 is 15.7 Å². The lowest BCUT2D eigenvalue weighted by atomic mass is 9.91. The van der Waals surface area contributed by atoms with Crippen molar-refractivity contribution in [2.45, 2.75) is 38.6 Å². The van der Waals surface area contributed by atoms with Crippen LogP contribution in [0, 0.1) is 5.92 Å². The summed E-state index contributed by atoms with van der Waals surface area (Å²) in [5.74, 6) is 0.595. The molecule has 1 saturated heterocycles. The molecular formula is C18H28N2O3S. The molecule has 134 valence electrons. The van der Waals surface area contributed by atoms with Crippen molar-refractivity contribution in [3.05, 3.63) is 29.8 Å². The van der Waals surface area contributed by atoms with E-state index < -0.39 is 10.0 Å². The highest BCUT2D eigenvalue weighted by Gasteiger charge is 2.22. The number of rotatable bonds is 6. The van der Waals surface area contributed by atoms with Crippen LogP contribution in [-0.2, 0) is 21.3 Å². The first-order valence-corrected chi connectivity index (χ1v) is 10.7. The van der Waals surface area contributed by atoms with Crippen molar-refractivity contribution in [1.29, 1.82) is 0 Å². The van der Waals surface area contributed by atoms with Crippen LogP contribution in [0.1, 0.15) is 37.7 Å². The first-order valence-electron chi connectivity index (χ1n) is 9.02. The Balaban J connectivity index is 1.61. The third-order valence-electron chi connectivity index (χ3n) is 5.01. The molecule has 0 atom stereocenters. The molecule has 0 aromatic heterocycles. The molecule has 0 unspecified atom stereocenters. The molecule has 5 nitrogen and oxygen atoms in total. The summed E-state index contributed by atoms with van der Waals surface area (Å²) in [7, 11) is -3.22. The molecule has 0 bridgehead atoms. The number of hydrogen-bond donors (Lipinski definition) is 1. The molecule has 1 aromatic carbocycles. The molecule has 1 heterocycles. The smallest absolute Gasteiger partial charge is 0.212 e. The van der Waals surface area contributed by atoms with Gasteiger partial charge in [0.05, 0.1) is 19.0 Å². The monoisotopic (exact) mass is 352 g/mol. The lowest BCUT2D eigenvalue weighted by molar-refractivity contribution is 0.122. The summed E-state index contributed by atoms with van der Waals surface area (Å²) in [5, 5.41) is 0. The molecule has 1 aliphatic carbocycles. The van der Waals surface area contributed by atoms with E-state index in [1.165, 1.54) is 19.3 Å². The van der Waals surface area contributed by atoms with Crippen LogP contribution in [0.25, 0.3) is 0 Å². The Morgan fingerprint density at radius 1 is 1.08 bits per heavy atom. The molecule has 1 saturated carbocycles. The predicted molar refractivity (Wildman–Crippen MR) is 96.7 cm³/mol. The molecule has 2 aliphatic rings. The number of benzene rings is 1. The summed E-state index contributed by atoms with van der Waals surface area (Å²) in [6.07, 6.45) is 5.67. The molecule has 24 heavy (non-hydrogen) atoms. The van der Waals surface area contributed by atoms with Gasteiger partial charge in [0.2, 0.25) is 10.0 Å². The van der Waals surface area contributed by atoms with E-state index in [0.29, 0.717) is 12.5 Å². The molecule has 0 amide bonds. The fraction of sp³-hybridized carbons (Fsp3) is 0.667. The van der Waals surface area contributed by atoms with Crippen molar-refractivity contribution in [2.24, 2.45) is 5.92 Å². The topological polar surface area (TPSA) is 58.6 Å².